The van der Waals surface area contributed by atoms with E-state index in [-0.39, 0.29) is 0 Å². The second kappa shape index (κ2) is 4.93. The molecule has 16 heavy (non-hydrogen) atoms. The maximum Gasteiger partial charge on any atom is 0.134 e. The molecule has 0 spiro atoms. The van der Waals surface area contributed by atoms with E-state index in [1.54, 1.807) is 6.07 Å². The van der Waals surface area contributed by atoms with E-state index in [0.717, 1.165) is 16.0 Å². The molecule has 2 aromatic rings. The molecule has 0 saturated heterocycles. The van der Waals surface area contributed by atoms with Crippen molar-refractivity contribution in [3.8, 4) is 0 Å². The van der Waals surface area contributed by atoms with Gasteiger partial charge in [-0.2, -0.15) is 0 Å². The molecule has 0 aliphatic carbocycles. The van der Waals surface area contributed by atoms with Crippen LogP contribution in [0.15, 0.2) is 34.8 Å². The number of aromatic nitrogens is 2. The Morgan fingerprint density at radius 1 is 1.19 bits per heavy atom. The third kappa shape index (κ3) is 3.03. The number of aryl methyl sites for hydroxylation is 1. The van der Waals surface area contributed by atoms with E-state index in [1.165, 1.54) is 5.56 Å². The fourth-order valence-electron chi connectivity index (χ4n) is 1.45. The van der Waals surface area contributed by atoms with Crippen molar-refractivity contribution in [3.63, 3.8) is 0 Å². The lowest BCUT2D eigenvalue weighted by atomic mass is 10.1. The first-order valence-electron chi connectivity index (χ1n) is 4.88. The molecule has 4 heteroatoms. The van der Waals surface area contributed by atoms with Crippen molar-refractivity contribution in [1.29, 1.82) is 0 Å². The third-order valence-corrected chi connectivity index (χ3v) is 2.87. The SMILES string of the molecule is Cc1cc(Cl)nc(Cc2ccc(Br)cc2)n1. The fraction of sp³-hybridized carbons (Fsp3) is 0.167. The second-order valence-corrected chi connectivity index (χ2v) is 4.85. The van der Waals surface area contributed by atoms with Crippen LogP contribution in [0.25, 0.3) is 0 Å². The molecule has 1 aromatic heterocycles. The monoisotopic (exact) mass is 296 g/mol. The van der Waals surface area contributed by atoms with Gasteiger partial charge in [0.2, 0.25) is 0 Å². The molecular formula is C12H10BrClN2. The zero-order chi connectivity index (χ0) is 11.5. The molecule has 2 nitrogen and oxygen atoms in total. The average Bonchev–Trinajstić information content (AvgIpc) is 2.20. The van der Waals surface area contributed by atoms with Crippen molar-refractivity contribution < 1.29 is 0 Å². The van der Waals surface area contributed by atoms with Gasteiger partial charge in [-0.1, -0.05) is 39.7 Å². The highest BCUT2D eigenvalue weighted by atomic mass is 79.9. The number of hydrogen-bond acceptors (Lipinski definition) is 2. The van der Waals surface area contributed by atoms with Crippen LogP contribution in [0, 0.1) is 6.92 Å². The molecule has 0 radical (unpaired) electrons. The van der Waals surface area contributed by atoms with Crippen molar-refractivity contribution in [1.82, 2.24) is 9.97 Å². The Morgan fingerprint density at radius 3 is 2.50 bits per heavy atom. The molecule has 1 aromatic carbocycles. The van der Waals surface area contributed by atoms with Gasteiger partial charge in [-0.3, -0.25) is 0 Å². The highest BCUT2D eigenvalue weighted by molar-refractivity contribution is 9.10. The normalized spacial score (nSPS) is 10.4. The van der Waals surface area contributed by atoms with E-state index in [4.69, 9.17) is 11.6 Å². The Bertz CT molecular complexity index is 477. The highest BCUT2D eigenvalue weighted by Crippen LogP contribution is 2.14. The van der Waals surface area contributed by atoms with Crippen LogP contribution in [0.5, 0.6) is 0 Å². The standard InChI is InChI=1S/C12H10BrClN2/c1-8-6-11(14)16-12(15-8)7-9-2-4-10(13)5-3-9/h2-6H,7H2,1H3. The summed E-state index contributed by atoms with van der Waals surface area (Å²) in [4.78, 5) is 8.54. The zero-order valence-electron chi connectivity index (χ0n) is 8.74. The average molecular weight is 298 g/mol. The van der Waals surface area contributed by atoms with E-state index in [2.05, 4.69) is 25.9 Å². The summed E-state index contributed by atoms with van der Waals surface area (Å²) in [6, 6.07) is 9.86. The van der Waals surface area contributed by atoms with Gasteiger partial charge in [0.15, 0.2) is 0 Å². The molecular weight excluding hydrogens is 288 g/mol. The van der Waals surface area contributed by atoms with E-state index in [0.29, 0.717) is 11.6 Å². The lowest BCUT2D eigenvalue weighted by molar-refractivity contribution is 0.942. The zero-order valence-corrected chi connectivity index (χ0v) is 11.1. The van der Waals surface area contributed by atoms with E-state index < -0.39 is 0 Å². The molecule has 0 aliphatic heterocycles. The van der Waals surface area contributed by atoms with Gasteiger partial charge in [0.1, 0.15) is 11.0 Å². The summed E-state index contributed by atoms with van der Waals surface area (Å²) in [6.07, 6.45) is 0.703. The van der Waals surface area contributed by atoms with Crippen LogP contribution in [0.1, 0.15) is 17.1 Å². The number of halogens is 2. The smallest absolute Gasteiger partial charge is 0.134 e. The van der Waals surface area contributed by atoms with Gasteiger partial charge in [-0.05, 0) is 30.7 Å². The minimum atomic E-state index is 0.500. The molecule has 0 bridgehead atoms. The van der Waals surface area contributed by atoms with Crippen molar-refractivity contribution in [2.45, 2.75) is 13.3 Å². The first-order valence-corrected chi connectivity index (χ1v) is 6.05. The molecule has 0 atom stereocenters. The summed E-state index contributed by atoms with van der Waals surface area (Å²) in [5, 5.41) is 0.500. The van der Waals surface area contributed by atoms with Gasteiger partial charge >= 0.3 is 0 Å². The number of hydrogen-bond donors (Lipinski definition) is 0. The minimum absolute atomic E-state index is 0.500. The van der Waals surface area contributed by atoms with Crippen molar-refractivity contribution in [2.24, 2.45) is 0 Å². The lowest BCUT2D eigenvalue weighted by Crippen LogP contribution is -1.98. The van der Waals surface area contributed by atoms with Crippen LogP contribution in [0.2, 0.25) is 5.15 Å². The van der Waals surface area contributed by atoms with E-state index >= 15 is 0 Å². The van der Waals surface area contributed by atoms with Crippen molar-refractivity contribution >= 4 is 27.5 Å². The summed E-state index contributed by atoms with van der Waals surface area (Å²) in [7, 11) is 0. The van der Waals surface area contributed by atoms with E-state index in [9.17, 15) is 0 Å². The first-order chi connectivity index (χ1) is 7.63. The van der Waals surface area contributed by atoms with Gasteiger partial charge in [-0.25, -0.2) is 9.97 Å². The van der Waals surface area contributed by atoms with Gasteiger partial charge in [0, 0.05) is 16.6 Å². The first kappa shape index (κ1) is 11.6. The fourth-order valence-corrected chi connectivity index (χ4v) is 1.97. The van der Waals surface area contributed by atoms with Crippen LogP contribution < -0.4 is 0 Å². The number of rotatable bonds is 2. The molecule has 0 amide bonds. The number of nitrogens with zero attached hydrogens (tertiary/aromatic N) is 2. The maximum absolute atomic E-state index is 5.88. The predicted molar refractivity (Wildman–Crippen MR) is 68.7 cm³/mol. The second-order valence-electron chi connectivity index (χ2n) is 3.55. The van der Waals surface area contributed by atoms with Gasteiger partial charge in [0.05, 0.1) is 0 Å². The summed E-state index contributed by atoms with van der Waals surface area (Å²) < 4.78 is 1.07. The lowest BCUT2D eigenvalue weighted by Gasteiger charge is -2.02. The van der Waals surface area contributed by atoms with Crippen LogP contribution >= 0.6 is 27.5 Å². The third-order valence-electron chi connectivity index (χ3n) is 2.14. The Kier molecular flexibility index (Phi) is 3.56. The van der Waals surface area contributed by atoms with Crippen molar-refractivity contribution in [3.05, 3.63) is 57.0 Å². The van der Waals surface area contributed by atoms with Crippen LogP contribution in [0.4, 0.5) is 0 Å². The predicted octanol–water partition coefficient (Wildman–Crippen LogP) is 3.79. The quantitative estimate of drug-likeness (QED) is 0.788. The largest absolute Gasteiger partial charge is 0.238 e. The highest BCUT2D eigenvalue weighted by Gasteiger charge is 2.02. The van der Waals surface area contributed by atoms with Crippen LogP contribution in [-0.4, -0.2) is 9.97 Å². The Hall–Kier alpha value is -0.930. The van der Waals surface area contributed by atoms with Crippen LogP contribution in [-0.2, 0) is 6.42 Å². The molecule has 2 rings (SSSR count). The summed E-state index contributed by atoms with van der Waals surface area (Å²) in [5.74, 6) is 0.757. The van der Waals surface area contributed by atoms with Crippen LogP contribution in [0.3, 0.4) is 0 Å². The van der Waals surface area contributed by atoms with Gasteiger partial charge in [0.25, 0.3) is 0 Å². The Balaban J connectivity index is 2.23. The van der Waals surface area contributed by atoms with E-state index in [1.807, 2.05) is 31.2 Å². The summed E-state index contributed by atoms with van der Waals surface area (Å²) in [6.45, 7) is 1.92. The minimum Gasteiger partial charge on any atom is -0.238 e. The molecule has 0 fully saturated rings. The van der Waals surface area contributed by atoms with Gasteiger partial charge in [-0.15, -0.1) is 0 Å². The molecule has 0 saturated carbocycles. The van der Waals surface area contributed by atoms with Crippen molar-refractivity contribution in [2.75, 3.05) is 0 Å². The maximum atomic E-state index is 5.88. The Morgan fingerprint density at radius 2 is 1.88 bits per heavy atom. The van der Waals surface area contributed by atoms with Gasteiger partial charge < -0.3 is 0 Å². The number of benzene rings is 1. The molecule has 0 N–H and O–H groups in total. The topological polar surface area (TPSA) is 25.8 Å². The molecule has 1 heterocycles. The molecule has 0 unspecified atom stereocenters. The molecule has 82 valence electrons. The summed E-state index contributed by atoms with van der Waals surface area (Å²) in [5.41, 5.74) is 2.07. The molecule has 0 aliphatic rings. The summed E-state index contributed by atoms with van der Waals surface area (Å²) >= 11 is 9.28. The Labute approximate surface area is 108 Å².